The topological polar surface area (TPSA) is 67.8 Å². The van der Waals surface area contributed by atoms with E-state index in [-0.39, 0.29) is 5.91 Å². The fourth-order valence-electron chi connectivity index (χ4n) is 2.46. The molecule has 28 heavy (non-hydrogen) atoms. The highest BCUT2D eigenvalue weighted by Crippen LogP contribution is 2.16. The minimum Gasteiger partial charge on any atom is -0.423 e. The van der Waals surface area contributed by atoms with Crippen molar-refractivity contribution in [1.29, 1.82) is 0 Å². The third kappa shape index (κ3) is 5.05. The van der Waals surface area contributed by atoms with E-state index >= 15 is 0 Å². The van der Waals surface area contributed by atoms with Crippen LogP contribution in [0.3, 0.4) is 0 Å². The second-order valence-electron chi connectivity index (χ2n) is 5.98. The number of rotatable bonds is 5. The number of benzene rings is 3. The maximum atomic E-state index is 12.2. The molecule has 0 atom stereocenters. The van der Waals surface area contributed by atoms with Crippen molar-refractivity contribution in [2.45, 2.75) is 6.92 Å². The smallest absolute Gasteiger partial charge is 0.343 e. The highest BCUT2D eigenvalue weighted by molar-refractivity contribution is 6.30. The zero-order chi connectivity index (χ0) is 19.9. The van der Waals surface area contributed by atoms with E-state index in [9.17, 15) is 9.59 Å². The van der Waals surface area contributed by atoms with Crippen LogP contribution in [0.25, 0.3) is 0 Å². The van der Waals surface area contributed by atoms with E-state index in [1.54, 1.807) is 60.7 Å². The molecule has 0 spiro atoms. The molecule has 0 heterocycles. The molecular formula is C22H17ClN2O3. The highest BCUT2D eigenvalue weighted by atomic mass is 35.5. The van der Waals surface area contributed by atoms with Gasteiger partial charge in [-0.05, 0) is 60.5 Å². The molecule has 0 aliphatic heterocycles. The Morgan fingerprint density at radius 2 is 1.75 bits per heavy atom. The lowest BCUT2D eigenvalue weighted by Crippen LogP contribution is -2.18. The average molecular weight is 393 g/mol. The van der Waals surface area contributed by atoms with Gasteiger partial charge in [0.1, 0.15) is 5.75 Å². The molecule has 0 aliphatic rings. The average Bonchev–Trinajstić information content (AvgIpc) is 2.69. The van der Waals surface area contributed by atoms with Gasteiger partial charge < -0.3 is 4.74 Å². The Morgan fingerprint density at radius 3 is 2.50 bits per heavy atom. The first kappa shape index (κ1) is 19.3. The first-order chi connectivity index (χ1) is 13.5. The van der Waals surface area contributed by atoms with Crippen molar-refractivity contribution in [2.24, 2.45) is 5.10 Å². The molecule has 0 aliphatic carbocycles. The van der Waals surface area contributed by atoms with E-state index in [4.69, 9.17) is 16.3 Å². The molecule has 5 nitrogen and oxygen atoms in total. The van der Waals surface area contributed by atoms with Crippen molar-refractivity contribution < 1.29 is 14.3 Å². The first-order valence-electron chi connectivity index (χ1n) is 8.50. The highest BCUT2D eigenvalue weighted by Gasteiger charge is 2.09. The van der Waals surface area contributed by atoms with Gasteiger partial charge in [0.25, 0.3) is 5.91 Å². The van der Waals surface area contributed by atoms with Crippen molar-refractivity contribution in [2.75, 3.05) is 0 Å². The van der Waals surface area contributed by atoms with Crippen LogP contribution in [0.15, 0.2) is 77.9 Å². The molecule has 1 N–H and O–H groups in total. The molecule has 0 unspecified atom stereocenters. The Bertz CT molecular complexity index is 1030. The van der Waals surface area contributed by atoms with E-state index in [1.807, 2.05) is 19.1 Å². The van der Waals surface area contributed by atoms with Crippen LogP contribution in [-0.2, 0) is 0 Å². The van der Waals surface area contributed by atoms with Crippen LogP contribution in [0.4, 0.5) is 0 Å². The molecule has 0 fully saturated rings. The van der Waals surface area contributed by atoms with Crippen molar-refractivity contribution in [3.05, 3.63) is 100 Å². The summed E-state index contributed by atoms with van der Waals surface area (Å²) in [6.07, 6.45) is 1.48. The fraction of sp³-hybridized carbons (Fsp3) is 0.0455. The van der Waals surface area contributed by atoms with E-state index in [1.165, 1.54) is 6.21 Å². The van der Waals surface area contributed by atoms with Gasteiger partial charge in [-0.25, -0.2) is 10.2 Å². The molecule has 3 rings (SSSR count). The maximum absolute atomic E-state index is 12.2. The third-order valence-electron chi connectivity index (χ3n) is 3.92. The van der Waals surface area contributed by atoms with E-state index in [0.717, 1.165) is 5.56 Å². The summed E-state index contributed by atoms with van der Waals surface area (Å²) in [7, 11) is 0. The Kier molecular flexibility index (Phi) is 6.19. The monoisotopic (exact) mass is 392 g/mol. The van der Waals surface area contributed by atoms with Crippen molar-refractivity contribution in [3.63, 3.8) is 0 Å². The number of esters is 1. The van der Waals surface area contributed by atoms with Gasteiger partial charge in [0, 0.05) is 10.6 Å². The number of hydrazone groups is 1. The number of hydrogen-bond acceptors (Lipinski definition) is 4. The summed E-state index contributed by atoms with van der Waals surface area (Å²) in [5.41, 5.74) is 4.99. The van der Waals surface area contributed by atoms with Crippen molar-refractivity contribution >= 4 is 29.7 Å². The van der Waals surface area contributed by atoms with Crippen LogP contribution in [0, 0.1) is 6.92 Å². The Balaban J connectivity index is 1.63. The van der Waals surface area contributed by atoms with Crippen LogP contribution in [-0.4, -0.2) is 18.1 Å². The minimum absolute atomic E-state index is 0.292. The summed E-state index contributed by atoms with van der Waals surface area (Å²) >= 11 is 5.82. The van der Waals surface area contributed by atoms with Gasteiger partial charge in [-0.1, -0.05) is 41.9 Å². The second-order valence-corrected chi connectivity index (χ2v) is 6.42. The molecule has 3 aromatic rings. The second kappa shape index (κ2) is 8.97. The Labute approximate surface area is 167 Å². The van der Waals surface area contributed by atoms with E-state index in [2.05, 4.69) is 10.5 Å². The number of aryl methyl sites for hydroxylation is 1. The summed E-state index contributed by atoms with van der Waals surface area (Å²) in [4.78, 5) is 24.3. The van der Waals surface area contributed by atoms with Gasteiger partial charge in [-0.15, -0.1) is 0 Å². The maximum Gasteiger partial charge on any atom is 0.343 e. The predicted molar refractivity (Wildman–Crippen MR) is 109 cm³/mol. The van der Waals surface area contributed by atoms with Crippen molar-refractivity contribution in [3.8, 4) is 5.75 Å². The number of carbonyl (C=O) groups excluding carboxylic acids is 2. The molecule has 0 bridgehead atoms. The number of carbonyl (C=O) groups is 2. The molecule has 140 valence electrons. The molecular weight excluding hydrogens is 376 g/mol. The largest absolute Gasteiger partial charge is 0.423 e. The van der Waals surface area contributed by atoms with Crippen molar-refractivity contribution in [1.82, 2.24) is 5.43 Å². The number of amides is 1. The lowest BCUT2D eigenvalue weighted by molar-refractivity contribution is 0.0734. The molecule has 3 aromatic carbocycles. The SMILES string of the molecule is Cc1ccccc1C(=O)N/N=C\c1cccc(OC(=O)c2ccc(Cl)cc2)c1. The van der Waals surface area contributed by atoms with Crippen LogP contribution >= 0.6 is 11.6 Å². The number of ether oxygens (including phenoxy) is 1. The lowest BCUT2D eigenvalue weighted by Gasteiger charge is -2.05. The van der Waals surface area contributed by atoms with Gasteiger partial charge in [0.15, 0.2) is 0 Å². The number of nitrogens with zero attached hydrogens (tertiary/aromatic N) is 1. The lowest BCUT2D eigenvalue weighted by atomic mass is 10.1. The molecule has 6 heteroatoms. The fourth-order valence-corrected chi connectivity index (χ4v) is 2.59. The van der Waals surface area contributed by atoms with Crippen LogP contribution in [0.5, 0.6) is 5.75 Å². The zero-order valence-electron chi connectivity index (χ0n) is 15.1. The number of hydrogen-bond donors (Lipinski definition) is 1. The summed E-state index contributed by atoms with van der Waals surface area (Å²) in [6, 6.07) is 20.5. The van der Waals surface area contributed by atoms with Crippen LogP contribution in [0.2, 0.25) is 5.02 Å². The van der Waals surface area contributed by atoms with Crippen LogP contribution in [0.1, 0.15) is 31.8 Å². The van der Waals surface area contributed by atoms with Gasteiger partial charge in [0.2, 0.25) is 0 Å². The quantitative estimate of drug-likeness (QED) is 0.298. The van der Waals surface area contributed by atoms with E-state index in [0.29, 0.717) is 27.5 Å². The Hall–Kier alpha value is -3.44. The summed E-state index contributed by atoms with van der Waals surface area (Å²) in [6.45, 7) is 1.86. The Morgan fingerprint density at radius 1 is 1.00 bits per heavy atom. The third-order valence-corrected chi connectivity index (χ3v) is 4.17. The van der Waals surface area contributed by atoms with Gasteiger partial charge in [0.05, 0.1) is 11.8 Å². The molecule has 1 amide bonds. The number of nitrogens with one attached hydrogen (secondary N) is 1. The number of halogens is 1. The summed E-state index contributed by atoms with van der Waals surface area (Å²) in [5.74, 6) is -0.410. The van der Waals surface area contributed by atoms with E-state index < -0.39 is 5.97 Å². The van der Waals surface area contributed by atoms with Gasteiger partial charge >= 0.3 is 5.97 Å². The standard InChI is InChI=1S/C22H17ClN2O3/c1-15-5-2-3-8-20(15)21(26)25-24-14-16-6-4-7-19(13-16)28-22(27)17-9-11-18(23)12-10-17/h2-14H,1H3,(H,25,26)/b24-14-. The molecule has 0 aromatic heterocycles. The normalized spacial score (nSPS) is 10.6. The molecule has 0 radical (unpaired) electrons. The van der Waals surface area contributed by atoms with Crippen LogP contribution < -0.4 is 10.2 Å². The summed E-state index contributed by atoms with van der Waals surface area (Å²) < 4.78 is 5.36. The first-order valence-corrected chi connectivity index (χ1v) is 8.87. The summed E-state index contributed by atoms with van der Waals surface area (Å²) in [5, 5.41) is 4.51. The molecule has 0 saturated carbocycles. The zero-order valence-corrected chi connectivity index (χ0v) is 15.8. The molecule has 0 saturated heterocycles. The van der Waals surface area contributed by atoms with Gasteiger partial charge in [-0.2, -0.15) is 5.10 Å². The minimum atomic E-state index is -0.487. The predicted octanol–water partition coefficient (Wildman–Crippen LogP) is 4.63. The van der Waals surface area contributed by atoms with Gasteiger partial charge in [-0.3, -0.25) is 4.79 Å².